The highest BCUT2D eigenvalue weighted by Gasteiger charge is 2.39. The Bertz CT molecular complexity index is 730. The molecule has 0 saturated heterocycles. The van der Waals surface area contributed by atoms with Gasteiger partial charge in [0.1, 0.15) is 5.75 Å². The number of hydrogen-bond acceptors (Lipinski definition) is 2. The molecule has 22 heavy (non-hydrogen) atoms. The number of benzene rings is 2. The fourth-order valence-corrected chi connectivity index (χ4v) is 4.41. The van der Waals surface area contributed by atoms with Crippen molar-refractivity contribution in [3.05, 3.63) is 36.4 Å². The van der Waals surface area contributed by atoms with Crippen LogP contribution < -0.4 is 10.6 Å². The number of anilines is 1. The quantitative estimate of drug-likeness (QED) is 0.733. The second-order valence-corrected chi connectivity index (χ2v) is 6.97. The SMILES string of the molecule is Oc1cccc2c(NC(=S)N[C@H]3C[C@@H]4CC[C@@H]3C4)cccc12. The van der Waals surface area contributed by atoms with Crippen LogP contribution in [0.2, 0.25) is 0 Å². The molecule has 0 amide bonds. The largest absolute Gasteiger partial charge is 0.507 e. The summed E-state index contributed by atoms with van der Waals surface area (Å²) in [5.74, 6) is 1.99. The van der Waals surface area contributed by atoms with Crippen molar-refractivity contribution in [3.63, 3.8) is 0 Å². The second kappa shape index (κ2) is 5.43. The van der Waals surface area contributed by atoms with E-state index < -0.39 is 0 Å². The van der Waals surface area contributed by atoms with E-state index in [2.05, 4.69) is 10.6 Å². The lowest BCUT2D eigenvalue weighted by atomic mass is 9.95. The van der Waals surface area contributed by atoms with Crippen LogP contribution in [0.3, 0.4) is 0 Å². The summed E-state index contributed by atoms with van der Waals surface area (Å²) >= 11 is 5.50. The minimum absolute atomic E-state index is 0.299. The van der Waals surface area contributed by atoms with Crippen LogP contribution in [0.4, 0.5) is 5.69 Å². The normalized spacial score (nSPS) is 26.3. The number of fused-ring (bicyclic) bond motifs is 3. The third-order valence-electron chi connectivity index (χ3n) is 5.20. The smallest absolute Gasteiger partial charge is 0.171 e. The third-order valence-corrected chi connectivity index (χ3v) is 5.42. The zero-order chi connectivity index (χ0) is 15.1. The summed E-state index contributed by atoms with van der Waals surface area (Å²) in [5, 5.41) is 19.3. The summed E-state index contributed by atoms with van der Waals surface area (Å²) in [7, 11) is 0. The standard InChI is InChI=1S/C18H20N2OS/c21-17-6-2-3-13-14(17)4-1-5-15(13)19-18(22)20-16-10-11-7-8-12(16)9-11/h1-6,11-12,16,21H,7-10H2,(H2,19,20,22)/t11-,12-,16+/m1/s1. The van der Waals surface area contributed by atoms with Gasteiger partial charge in [0.2, 0.25) is 0 Å². The van der Waals surface area contributed by atoms with Gasteiger partial charge in [0.25, 0.3) is 0 Å². The molecule has 0 aliphatic heterocycles. The molecule has 3 atom stereocenters. The first-order chi connectivity index (χ1) is 10.7. The lowest BCUT2D eigenvalue weighted by Gasteiger charge is -2.24. The molecule has 2 fully saturated rings. The molecule has 2 aromatic carbocycles. The first-order valence-corrected chi connectivity index (χ1v) is 8.40. The van der Waals surface area contributed by atoms with E-state index in [1.54, 1.807) is 6.07 Å². The van der Waals surface area contributed by atoms with Crippen molar-refractivity contribution in [1.29, 1.82) is 0 Å². The molecule has 2 aliphatic rings. The highest BCUT2D eigenvalue weighted by atomic mass is 32.1. The Morgan fingerprint density at radius 3 is 2.64 bits per heavy atom. The summed E-state index contributed by atoms with van der Waals surface area (Å²) in [6.45, 7) is 0. The third kappa shape index (κ3) is 2.41. The number of phenolic OH excluding ortho intramolecular Hbond substituents is 1. The Morgan fingerprint density at radius 2 is 1.86 bits per heavy atom. The number of rotatable bonds is 2. The van der Waals surface area contributed by atoms with Crippen molar-refractivity contribution in [1.82, 2.24) is 5.32 Å². The number of hydrogen-bond donors (Lipinski definition) is 3. The van der Waals surface area contributed by atoms with Crippen molar-refractivity contribution in [2.45, 2.75) is 31.7 Å². The van der Waals surface area contributed by atoms with Gasteiger partial charge in [0, 0.05) is 22.5 Å². The molecule has 0 unspecified atom stereocenters. The lowest BCUT2D eigenvalue weighted by Crippen LogP contribution is -2.40. The summed E-state index contributed by atoms with van der Waals surface area (Å²) < 4.78 is 0. The molecule has 4 rings (SSSR count). The lowest BCUT2D eigenvalue weighted by molar-refractivity contribution is 0.392. The van der Waals surface area contributed by atoms with Gasteiger partial charge in [-0.1, -0.05) is 30.7 Å². The molecule has 2 saturated carbocycles. The molecule has 2 aliphatic carbocycles. The monoisotopic (exact) mass is 312 g/mol. The summed E-state index contributed by atoms with van der Waals surface area (Å²) in [6, 6.07) is 11.9. The van der Waals surface area contributed by atoms with Crippen molar-refractivity contribution in [2.24, 2.45) is 11.8 Å². The van der Waals surface area contributed by atoms with Crippen LogP contribution in [0.5, 0.6) is 5.75 Å². The summed E-state index contributed by atoms with van der Waals surface area (Å²) in [5.41, 5.74) is 0.939. The molecule has 114 valence electrons. The van der Waals surface area contributed by atoms with E-state index in [4.69, 9.17) is 12.2 Å². The summed E-state index contributed by atoms with van der Waals surface area (Å²) in [4.78, 5) is 0. The van der Waals surface area contributed by atoms with Crippen molar-refractivity contribution >= 4 is 33.8 Å². The molecule has 0 aromatic heterocycles. The average molecular weight is 312 g/mol. The molecule has 0 spiro atoms. The van der Waals surface area contributed by atoms with Crippen molar-refractivity contribution in [2.75, 3.05) is 5.32 Å². The zero-order valence-corrected chi connectivity index (χ0v) is 13.2. The van der Waals surface area contributed by atoms with Crippen LogP contribution in [-0.2, 0) is 0 Å². The predicted octanol–water partition coefficient (Wildman–Crippen LogP) is 4.02. The van der Waals surface area contributed by atoms with E-state index >= 15 is 0 Å². The molecule has 2 aromatic rings. The first-order valence-electron chi connectivity index (χ1n) is 7.99. The van der Waals surface area contributed by atoms with E-state index in [0.29, 0.717) is 16.9 Å². The van der Waals surface area contributed by atoms with E-state index in [1.165, 1.54) is 25.7 Å². The van der Waals surface area contributed by atoms with E-state index in [9.17, 15) is 5.11 Å². The topological polar surface area (TPSA) is 44.3 Å². The van der Waals surface area contributed by atoms with Gasteiger partial charge in [-0.15, -0.1) is 0 Å². The number of thiocarbonyl (C=S) groups is 1. The molecule has 0 heterocycles. The Kier molecular flexibility index (Phi) is 3.41. The first kappa shape index (κ1) is 13.8. The minimum Gasteiger partial charge on any atom is -0.507 e. The molecule has 2 bridgehead atoms. The van der Waals surface area contributed by atoms with Gasteiger partial charge in [-0.2, -0.15) is 0 Å². The molecule has 0 radical (unpaired) electrons. The van der Waals surface area contributed by atoms with Gasteiger partial charge in [0.05, 0.1) is 0 Å². The van der Waals surface area contributed by atoms with Crippen LogP contribution in [0.25, 0.3) is 10.8 Å². The van der Waals surface area contributed by atoms with Crippen LogP contribution in [0, 0.1) is 11.8 Å². The van der Waals surface area contributed by atoms with Gasteiger partial charge in [0.15, 0.2) is 5.11 Å². The minimum atomic E-state index is 0.299. The Balaban J connectivity index is 1.51. The van der Waals surface area contributed by atoms with Gasteiger partial charge >= 0.3 is 0 Å². The highest BCUT2D eigenvalue weighted by molar-refractivity contribution is 7.80. The van der Waals surface area contributed by atoms with Crippen molar-refractivity contribution < 1.29 is 5.11 Å². The number of nitrogens with one attached hydrogen (secondary N) is 2. The molecule has 3 N–H and O–H groups in total. The molecule has 3 nitrogen and oxygen atoms in total. The molecule has 4 heteroatoms. The highest BCUT2D eigenvalue weighted by Crippen LogP contribution is 2.44. The zero-order valence-electron chi connectivity index (χ0n) is 12.4. The maximum Gasteiger partial charge on any atom is 0.171 e. The van der Waals surface area contributed by atoms with Gasteiger partial charge in [-0.05, 0) is 55.4 Å². The van der Waals surface area contributed by atoms with Crippen LogP contribution >= 0.6 is 12.2 Å². The van der Waals surface area contributed by atoms with Gasteiger partial charge in [-0.3, -0.25) is 0 Å². The van der Waals surface area contributed by atoms with E-state index in [0.717, 1.165) is 28.3 Å². The van der Waals surface area contributed by atoms with Crippen molar-refractivity contribution in [3.8, 4) is 5.75 Å². The predicted molar refractivity (Wildman–Crippen MR) is 94.2 cm³/mol. The van der Waals surface area contributed by atoms with Crippen LogP contribution in [0.15, 0.2) is 36.4 Å². The van der Waals surface area contributed by atoms with E-state index in [1.807, 2.05) is 30.3 Å². The average Bonchev–Trinajstić information content (AvgIpc) is 3.11. The van der Waals surface area contributed by atoms with E-state index in [-0.39, 0.29) is 0 Å². The van der Waals surface area contributed by atoms with Crippen LogP contribution in [-0.4, -0.2) is 16.3 Å². The fourth-order valence-electron chi connectivity index (χ4n) is 4.15. The number of aromatic hydroxyl groups is 1. The molecular weight excluding hydrogens is 292 g/mol. The van der Waals surface area contributed by atoms with Gasteiger partial charge < -0.3 is 15.7 Å². The molecular formula is C18H20N2OS. The summed E-state index contributed by atoms with van der Waals surface area (Å²) in [6.07, 6.45) is 5.35. The number of phenols is 1. The maximum absolute atomic E-state index is 9.95. The Hall–Kier alpha value is -1.81. The maximum atomic E-state index is 9.95. The Labute approximate surface area is 135 Å². The fraction of sp³-hybridized carbons (Fsp3) is 0.389. The second-order valence-electron chi connectivity index (χ2n) is 6.56. The van der Waals surface area contributed by atoms with Gasteiger partial charge in [-0.25, -0.2) is 0 Å². The Morgan fingerprint density at radius 1 is 1.05 bits per heavy atom. The van der Waals surface area contributed by atoms with Crippen LogP contribution in [0.1, 0.15) is 25.7 Å².